The van der Waals surface area contributed by atoms with E-state index in [2.05, 4.69) is 30.6 Å². The number of nitrogens with zero attached hydrogens (tertiary/aromatic N) is 6. The number of rotatable bonds is 8. The molecule has 0 unspecified atom stereocenters. The second kappa shape index (κ2) is 9.68. The number of para-hydroxylation sites is 1. The van der Waals surface area contributed by atoms with Gasteiger partial charge in [-0.15, -0.1) is 5.11 Å². The smallest absolute Gasteiger partial charge is 0.251 e. The van der Waals surface area contributed by atoms with Crippen LogP contribution < -0.4 is 11.1 Å². The lowest BCUT2D eigenvalue weighted by atomic mass is 10.1. The van der Waals surface area contributed by atoms with Crippen LogP contribution in [0.2, 0.25) is 0 Å². The first-order valence-electron chi connectivity index (χ1n) is 9.95. The molecule has 0 fully saturated rings. The highest BCUT2D eigenvalue weighted by atomic mass is 16.1. The highest BCUT2D eigenvalue weighted by Gasteiger charge is 2.10. The molecule has 156 valence electrons. The summed E-state index contributed by atoms with van der Waals surface area (Å²) in [5, 5.41) is 16.5. The van der Waals surface area contributed by atoms with Gasteiger partial charge >= 0.3 is 0 Å². The number of hydrogen-bond donors (Lipinski definition) is 2. The van der Waals surface area contributed by atoms with Crippen molar-refractivity contribution in [3.05, 3.63) is 78.2 Å². The maximum atomic E-state index is 12.0. The zero-order valence-corrected chi connectivity index (χ0v) is 16.8. The average molecular weight is 414 g/mol. The van der Waals surface area contributed by atoms with E-state index in [4.69, 9.17) is 5.73 Å². The molecule has 2 heterocycles. The first kappa shape index (κ1) is 20.3. The van der Waals surface area contributed by atoms with E-state index in [-0.39, 0.29) is 5.91 Å². The summed E-state index contributed by atoms with van der Waals surface area (Å²) in [4.78, 5) is 20.6. The van der Waals surface area contributed by atoms with Crippen molar-refractivity contribution in [1.82, 2.24) is 25.1 Å². The predicted molar refractivity (Wildman–Crippen MR) is 117 cm³/mol. The van der Waals surface area contributed by atoms with Crippen molar-refractivity contribution in [3.8, 4) is 5.69 Å². The van der Waals surface area contributed by atoms with Crippen LogP contribution in [0.1, 0.15) is 22.3 Å². The van der Waals surface area contributed by atoms with E-state index in [0.717, 1.165) is 23.1 Å². The Morgan fingerprint density at radius 2 is 1.87 bits per heavy atom. The second-order valence-corrected chi connectivity index (χ2v) is 6.82. The Morgan fingerprint density at radius 3 is 2.65 bits per heavy atom. The molecule has 0 aliphatic carbocycles. The van der Waals surface area contributed by atoms with Crippen LogP contribution in [-0.4, -0.2) is 38.7 Å². The number of carbonyl (C=O) groups excluding carboxylic acids is 1. The lowest BCUT2D eigenvalue weighted by Gasteiger charge is -2.04. The number of azo groups is 1. The van der Waals surface area contributed by atoms with Gasteiger partial charge in [-0.1, -0.05) is 30.3 Å². The van der Waals surface area contributed by atoms with Crippen LogP contribution in [0.15, 0.2) is 77.3 Å². The van der Waals surface area contributed by atoms with Gasteiger partial charge < -0.3 is 11.1 Å². The molecule has 3 N–H and O–H groups in total. The molecule has 4 aromatic rings. The van der Waals surface area contributed by atoms with E-state index in [1.165, 1.54) is 6.33 Å². The lowest BCUT2D eigenvalue weighted by Crippen LogP contribution is -2.25. The van der Waals surface area contributed by atoms with Crippen molar-refractivity contribution in [2.24, 2.45) is 16.0 Å². The first-order chi connectivity index (χ1) is 15.3. The molecule has 0 aliphatic heterocycles. The van der Waals surface area contributed by atoms with E-state index in [0.29, 0.717) is 36.7 Å². The van der Waals surface area contributed by atoms with Crippen LogP contribution in [0, 0.1) is 0 Å². The lowest BCUT2D eigenvalue weighted by molar-refractivity contribution is 0.0953. The van der Waals surface area contributed by atoms with E-state index in [9.17, 15) is 4.79 Å². The van der Waals surface area contributed by atoms with Crippen molar-refractivity contribution < 1.29 is 4.79 Å². The molecule has 1 amide bonds. The Hall–Kier alpha value is -3.98. The SMILES string of the molecule is NCCCNC(=O)c1ccc(CN=Nc2ncnc3c2cnn3-c2ccccc2)cc1. The Morgan fingerprint density at radius 1 is 1.06 bits per heavy atom. The molecular formula is C22H22N8O. The molecule has 2 aromatic heterocycles. The monoisotopic (exact) mass is 414 g/mol. The highest BCUT2D eigenvalue weighted by molar-refractivity contribution is 5.94. The van der Waals surface area contributed by atoms with Crippen LogP contribution in [-0.2, 0) is 6.54 Å². The Balaban J connectivity index is 1.45. The molecule has 0 aliphatic rings. The minimum atomic E-state index is -0.111. The number of hydrogen-bond acceptors (Lipinski definition) is 7. The quantitative estimate of drug-likeness (QED) is 0.338. The van der Waals surface area contributed by atoms with Crippen LogP contribution in [0.3, 0.4) is 0 Å². The average Bonchev–Trinajstić information content (AvgIpc) is 3.25. The second-order valence-electron chi connectivity index (χ2n) is 6.82. The summed E-state index contributed by atoms with van der Waals surface area (Å²) in [5.41, 5.74) is 8.55. The third-order valence-electron chi connectivity index (χ3n) is 4.65. The minimum Gasteiger partial charge on any atom is -0.352 e. The molecule has 0 bridgehead atoms. The number of amides is 1. The van der Waals surface area contributed by atoms with Crippen LogP contribution in [0.5, 0.6) is 0 Å². The Bertz CT molecular complexity index is 1190. The molecule has 2 aromatic carbocycles. The number of benzene rings is 2. The summed E-state index contributed by atoms with van der Waals surface area (Å²) < 4.78 is 1.74. The van der Waals surface area contributed by atoms with Gasteiger partial charge in [-0.2, -0.15) is 10.2 Å². The van der Waals surface area contributed by atoms with Gasteiger partial charge in [0.15, 0.2) is 11.5 Å². The van der Waals surface area contributed by atoms with Gasteiger partial charge in [-0.3, -0.25) is 4.79 Å². The summed E-state index contributed by atoms with van der Waals surface area (Å²) >= 11 is 0. The number of nitrogens with two attached hydrogens (primary N) is 1. The number of carbonyl (C=O) groups is 1. The van der Waals surface area contributed by atoms with Crippen molar-refractivity contribution >= 4 is 22.8 Å². The van der Waals surface area contributed by atoms with Gasteiger partial charge in [0.1, 0.15) is 6.33 Å². The third kappa shape index (κ3) is 4.78. The van der Waals surface area contributed by atoms with Gasteiger partial charge in [-0.25, -0.2) is 14.6 Å². The highest BCUT2D eigenvalue weighted by Crippen LogP contribution is 2.24. The summed E-state index contributed by atoms with van der Waals surface area (Å²) in [6.45, 7) is 1.49. The van der Waals surface area contributed by atoms with Gasteiger partial charge in [-0.05, 0) is 42.8 Å². The van der Waals surface area contributed by atoms with Gasteiger partial charge in [0.2, 0.25) is 0 Å². The van der Waals surface area contributed by atoms with Crippen molar-refractivity contribution in [2.75, 3.05) is 13.1 Å². The fourth-order valence-electron chi connectivity index (χ4n) is 3.02. The number of fused-ring (bicyclic) bond motifs is 1. The molecule has 9 nitrogen and oxygen atoms in total. The first-order valence-corrected chi connectivity index (χ1v) is 9.95. The molecule has 0 atom stereocenters. The summed E-state index contributed by atoms with van der Waals surface area (Å²) in [6.07, 6.45) is 3.90. The fourth-order valence-corrected chi connectivity index (χ4v) is 3.02. The molecule has 0 saturated carbocycles. The molecule has 0 saturated heterocycles. The third-order valence-corrected chi connectivity index (χ3v) is 4.65. The van der Waals surface area contributed by atoms with E-state index >= 15 is 0 Å². The van der Waals surface area contributed by atoms with E-state index in [1.807, 2.05) is 42.5 Å². The van der Waals surface area contributed by atoms with E-state index < -0.39 is 0 Å². The summed E-state index contributed by atoms with van der Waals surface area (Å²) in [7, 11) is 0. The van der Waals surface area contributed by atoms with Crippen molar-refractivity contribution in [2.45, 2.75) is 13.0 Å². The zero-order valence-electron chi connectivity index (χ0n) is 16.8. The summed E-state index contributed by atoms with van der Waals surface area (Å²) in [6, 6.07) is 17.0. The standard InChI is InChI=1S/C22H22N8O/c23-11-4-12-24-22(31)17-9-7-16(8-10-17)13-27-29-20-19-14-28-30(21(19)26-15-25-20)18-5-2-1-3-6-18/h1-3,5-10,14-15H,4,11-13,23H2,(H,24,31). The van der Waals surface area contributed by atoms with Crippen molar-refractivity contribution in [1.29, 1.82) is 0 Å². The van der Waals surface area contributed by atoms with Crippen LogP contribution >= 0.6 is 0 Å². The minimum absolute atomic E-state index is 0.111. The molecule has 9 heteroatoms. The normalized spacial score (nSPS) is 11.3. The Labute approximate surface area is 179 Å². The molecule has 0 spiro atoms. The molecule has 4 rings (SSSR count). The maximum absolute atomic E-state index is 12.0. The number of nitrogens with one attached hydrogen (secondary N) is 1. The van der Waals surface area contributed by atoms with Gasteiger partial charge in [0.05, 0.1) is 23.8 Å². The largest absolute Gasteiger partial charge is 0.352 e. The zero-order chi connectivity index (χ0) is 21.5. The van der Waals surface area contributed by atoms with Crippen molar-refractivity contribution in [3.63, 3.8) is 0 Å². The van der Waals surface area contributed by atoms with E-state index in [1.54, 1.807) is 23.0 Å². The maximum Gasteiger partial charge on any atom is 0.251 e. The predicted octanol–water partition coefficient (Wildman–Crippen LogP) is 3.18. The molecule has 0 radical (unpaired) electrons. The molecule has 31 heavy (non-hydrogen) atoms. The number of aromatic nitrogens is 4. The fraction of sp³-hybridized carbons (Fsp3) is 0.182. The van der Waals surface area contributed by atoms with Gasteiger partial charge in [0.25, 0.3) is 5.91 Å². The van der Waals surface area contributed by atoms with Crippen LogP contribution in [0.4, 0.5) is 5.82 Å². The Kier molecular flexibility index (Phi) is 6.34. The van der Waals surface area contributed by atoms with Crippen LogP contribution in [0.25, 0.3) is 16.7 Å². The summed E-state index contributed by atoms with van der Waals surface area (Å²) in [5.74, 6) is 0.350. The van der Waals surface area contributed by atoms with Gasteiger partial charge in [0, 0.05) is 12.1 Å². The topological polar surface area (TPSA) is 123 Å². The molecular weight excluding hydrogens is 392 g/mol.